The van der Waals surface area contributed by atoms with Crippen molar-refractivity contribution in [2.75, 3.05) is 33.3 Å². The molecule has 4 nitrogen and oxygen atoms in total. The molecule has 0 spiro atoms. The zero-order valence-electron chi connectivity index (χ0n) is 12.4. The highest BCUT2D eigenvalue weighted by molar-refractivity contribution is 5.29. The third-order valence-corrected chi connectivity index (χ3v) is 3.99. The molecule has 0 aromatic heterocycles. The van der Waals surface area contributed by atoms with Crippen LogP contribution in [0.25, 0.3) is 0 Å². The molecule has 0 radical (unpaired) electrons. The average molecular weight is 273 g/mol. The molecule has 1 aromatic rings. The molecular weight excluding hydrogens is 250 g/mol. The predicted molar refractivity (Wildman–Crippen MR) is 79.8 cm³/mol. The summed E-state index contributed by atoms with van der Waals surface area (Å²) in [5.41, 5.74) is 0.729. The van der Waals surface area contributed by atoms with Crippen molar-refractivity contribution in [2.45, 2.75) is 25.3 Å². The average Bonchev–Trinajstić information content (AvgIpc) is 2.77. The molecule has 1 aliphatic rings. The number of nitrogens with zero attached hydrogens (tertiary/aromatic N) is 2. The fourth-order valence-electron chi connectivity index (χ4n) is 2.70. The lowest BCUT2D eigenvalue weighted by Gasteiger charge is -2.35. The Morgan fingerprint density at radius 1 is 1.30 bits per heavy atom. The number of rotatable bonds is 4. The molecular formula is C16H23N3O. The predicted octanol–water partition coefficient (Wildman–Crippen LogP) is 1.82. The van der Waals surface area contributed by atoms with E-state index < -0.39 is 5.54 Å². The normalized spacial score (nSPS) is 19.6. The molecule has 0 amide bonds. The Hall–Kier alpha value is -1.57. The van der Waals surface area contributed by atoms with E-state index >= 15 is 0 Å². The second-order valence-electron chi connectivity index (χ2n) is 5.50. The van der Waals surface area contributed by atoms with E-state index in [2.05, 4.69) is 16.3 Å². The van der Waals surface area contributed by atoms with Gasteiger partial charge in [-0.3, -0.25) is 4.90 Å². The molecule has 4 heteroatoms. The standard InChI is InChI=1S/C16H23N3O/c1-16(13-17,19-10-3-8-18-9-11-19)12-14-4-6-15(20-2)7-5-14/h4-7,18H,3,8-12H2,1-2H3. The van der Waals surface area contributed by atoms with Gasteiger partial charge in [-0.2, -0.15) is 5.26 Å². The van der Waals surface area contributed by atoms with Crippen molar-refractivity contribution in [2.24, 2.45) is 0 Å². The topological polar surface area (TPSA) is 48.3 Å². The zero-order chi connectivity index (χ0) is 14.4. The molecule has 1 fully saturated rings. The van der Waals surface area contributed by atoms with E-state index in [1.54, 1.807) is 7.11 Å². The molecule has 0 bridgehead atoms. The van der Waals surface area contributed by atoms with E-state index in [-0.39, 0.29) is 0 Å². The van der Waals surface area contributed by atoms with Crippen LogP contribution >= 0.6 is 0 Å². The Bertz CT molecular complexity index is 458. The van der Waals surface area contributed by atoms with Gasteiger partial charge in [0.1, 0.15) is 11.3 Å². The molecule has 1 atom stereocenters. The van der Waals surface area contributed by atoms with Crippen LogP contribution in [0, 0.1) is 11.3 Å². The lowest BCUT2D eigenvalue weighted by atomic mass is 9.92. The Balaban J connectivity index is 2.11. The molecule has 0 aliphatic carbocycles. The van der Waals surface area contributed by atoms with Crippen LogP contribution in [0.1, 0.15) is 18.9 Å². The van der Waals surface area contributed by atoms with E-state index in [4.69, 9.17) is 4.74 Å². The molecule has 2 rings (SSSR count). The minimum atomic E-state index is -0.444. The van der Waals surface area contributed by atoms with Gasteiger partial charge in [-0.25, -0.2) is 0 Å². The second-order valence-corrected chi connectivity index (χ2v) is 5.50. The van der Waals surface area contributed by atoms with E-state index in [9.17, 15) is 5.26 Å². The number of methoxy groups -OCH3 is 1. The largest absolute Gasteiger partial charge is 0.497 e. The maximum Gasteiger partial charge on any atom is 0.118 e. The summed E-state index contributed by atoms with van der Waals surface area (Å²) < 4.78 is 5.17. The number of benzene rings is 1. The Labute approximate surface area is 121 Å². The van der Waals surface area contributed by atoms with Crippen LogP contribution in [0.15, 0.2) is 24.3 Å². The van der Waals surface area contributed by atoms with Crippen molar-refractivity contribution >= 4 is 0 Å². The van der Waals surface area contributed by atoms with Gasteiger partial charge >= 0.3 is 0 Å². The summed E-state index contributed by atoms with van der Waals surface area (Å²) in [7, 11) is 1.67. The molecule has 1 heterocycles. The van der Waals surface area contributed by atoms with Gasteiger partial charge in [-0.05, 0) is 37.6 Å². The molecule has 108 valence electrons. The first-order valence-corrected chi connectivity index (χ1v) is 7.18. The minimum absolute atomic E-state index is 0.444. The molecule has 1 aromatic carbocycles. The first-order valence-electron chi connectivity index (χ1n) is 7.18. The van der Waals surface area contributed by atoms with Gasteiger partial charge in [0.2, 0.25) is 0 Å². The van der Waals surface area contributed by atoms with E-state index in [0.717, 1.165) is 44.8 Å². The smallest absolute Gasteiger partial charge is 0.118 e. The highest BCUT2D eigenvalue weighted by Gasteiger charge is 2.32. The van der Waals surface area contributed by atoms with Gasteiger partial charge in [-0.15, -0.1) is 0 Å². The van der Waals surface area contributed by atoms with Gasteiger partial charge in [0, 0.05) is 26.1 Å². The van der Waals surface area contributed by atoms with Crippen molar-refractivity contribution < 1.29 is 4.74 Å². The fraction of sp³-hybridized carbons (Fsp3) is 0.562. The molecule has 1 unspecified atom stereocenters. The summed E-state index contributed by atoms with van der Waals surface area (Å²) in [6, 6.07) is 10.5. The molecule has 0 saturated carbocycles. The first-order chi connectivity index (χ1) is 9.68. The molecule has 1 saturated heterocycles. The van der Waals surface area contributed by atoms with Gasteiger partial charge in [0.15, 0.2) is 0 Å². The van der Waals surface area contributed by atoms with Crippen LogP contribution in [0.2, 0.25) is 0 Å². The SMILES string of the molecule is COc1ccc(CC(C)(C#N)N2CCCNCC2)cc1. The number of nitrogens with one attached hydrogen (secondary N) is 1. The first kappa shape index (κ1) is 14.8. The summed E-state index contributed by atoms with van der Waals surface area (Å²) in [5.74, 6) is 0.853. The highest BCUT2D eigenvalue weighted by Crippen LogP contribution is 2.22. The van der Waals surface area contributed by atoms with Crippen LogP contribution in [-0.4, -0.2) is 43.7 Å². The third-order valence-electron chi connectivity index (χ3n) is 3.99. The second kappa shape index (κ2) is 6.74. The maximum atomic E-state index is 9.65. The fourth-order valence-corrected chi connectivity index (χ4v) is 2.70. The van der Waals surface area contributed by atoms with Gasteiger partial charge in [0.25, 0.3) is 0 Å². The molecule has 20 heavy (non-hydrogen) atoms. The molecule has 1 aliphatic heterocycles. The number of hydrogen-bond donors (Lipinski definition) is 1. The van der Waals surface area contributed by atoms with Crippen molar-refractivity contribution in [3.8, 4) is 11.8 Å². The van der Waals surface area contributed by atoms with Gasteiger partial charge < -0.3 is 10.1 Å². The van der Waals surface area contributed by atoms with Crippen LogP contribution < -0.4 is 10.1 Å². The maximum absolute atomic E-state index is 9.65. The summed E-state index contributed by atoms with van der Waals surface area (Å²) in [6.07, 6.45) is 1.84. The zero-order valence-corrected chi connectivity index (χ0v) is 12.4. The van der Waals surface area contributed by atoms with E-state index in [0.29, 0.717) is 0 Å². The Morgan fingerprint density at radius 3 is 2.70 bits per heavy atom. The summed E-state index contributed by atoms with van der Waals surface area (Å²) in [4.78, 5) is 2.30. The van der Waals surface area contributed by atoms with Crippen LogP contribution in [0.5, 0.6) is 5.75 Å². The molecule has 1 N–H and O–H groups in total. The summed E-state index contributed by atoms with van der Waals surface area (Å²) in [6.45, 7) is 5.95. The lowest BCUT2D eigenvalue weighted by molar-refractivity contribution is 0.162. The van der Waals surface area contributed by atoms with Crippen LogP contribution in [0.4, 0.5) is 0 Å². The quantitative estimate of drug-likeness (QED) is 0.909. The number of nitriles is 1. The summed E-state index contributed by atoms with van der Waals surface area (Å²) >= 11 is 0. The van der Waals surface area contributed by atoms with Crippen molar-refractivity contribution in [3.63, 3.8) is 0 Å². The minimum Gasteiger partial charge on any atom is -0.497 e. The van der Waals surface area contributed by atoms with Gasteiger partial charge in [-0.1, -0.05) is 12.1 Å². The number of ether oxygens (including phenoxy) is 1. The van der Waals surface area contributed by atoms with Gasteiger partial charge in [0.05, 0.1) is 13.2 Å². The van der Waals surface area contributed by atoms with Crippen LogP contribution in [0.3, 0.4) is 0 Å². The van der Waals surface area contributed by atoms with E-state index in [1.165, 1.54) is 5.56 Å². The van der Waals surface area contributed by atoms with Crippen LogP contribution in [-0.2, 0) is 6.42 Å². The summed E-state index contributed by atoms with van der Waals surface area (Å²) in [5, 5.41) is 13.0. The van der Waals surface area contributed by atoms with Crippen molar-refractivity contribution in [1.82, 2.24) is 10.2 Å². The Kier molecular flexibility index (Phi) is 4.99. The Morgan fingerprint density at radius 2 is 2.05 bits per heavy atom. The monoisotopic (exact) mass is 273 g/mol. The van der Waals surface area contributed by atoms with Crippen molar-refractivity contribution in [3.05, 3.63) is 29.8 Å². The van der Waals surface area contributed by atoms with Crippen molar-refractivity contribution in [1.29, 1.82) is 5.26 Å². The third kappa shape index (κ3) is 3.50. The van der Waals surface area contributed by atoms with E-state index in [1.807, 2.05) is 31.2 Å². The lowest BCUT2D eigenvalue weighted by Crippen LogP contribution is -2.48. The number of hydrogen-bond acceptors (Lipinski definition) is 4. The highest BCUT2D eigenvalue weighted by atomic mass is 16.5.